The maximum absolute atomic E-state index is 11.7. The molecule has 106 valence electrons. The Hall–Kier alpha value is -2.02. The number of amides is 1. The van der Waals surface area contributed by atoms with Crippen LogP contribution in [0.2, 0.25) is 0 Å². The average Bonchev–Trinajstić information content (AvgIpc) is 2.86. The van der Waals surface area contributed by atoms with Crippen molar-refractivity contribution in [2.45, 2.75) is 24.7 Å². The Kier molecular flexibility index (Phi) is 4.62. The zero-order valence-corrected chi connectivity index (χ0v) is 12.0. The third-order valence-electron chi connectivity index (χ3n) is 2.40. The molecule has 0 saturated carbocycles. The van der Waals surface area contributed by atoms with Crippen LogP contribution in [0, 0.1) is 0 Å². The Balaban J connectivity index is 1.88. The lowest BCUT2D eigenvalue weighted by Crippen LogP contribution is -2.14. The van der Waals surface area contributed by atoms with Crippen LogP contribution in [0.15, 0.2) is 33.6 Å². The number of phenolic OH excluding ortho intramolecular Hbond substituents is 1. The largest absolute Gasteiger partial charge is 0.507 e. The zero-order valence-electron chi connectivity index (χ0n) is 11.2. The molecule has 2 aromatic rings. The number of para-hydroxylation sites is 1. The summed E-state index contributed by atoms with van der Waals surface area (Å²) in [5.74, 6) is 0.636. The summed E-state index contributed by atoms with van der Waals surface area (Å²) >= 11 is 1.24. The molecular formula is C13H15N3O3S. The number of phenols is 1. The van der Waals surface area contributed by atoms with Gasteiger partial charge in [0.25, 0.3) is 0 Å². The molecular weight excluding hydrogens is 278 g/mol. The first-order valence-corrected chi connectivity index (χ1v) is 7.09. The zero-order chi connectivity index (χ0) is 14.5. The fraction of sp³-hybridized carbons (Fsp3) is 0.308. The highest BCUT2D eigenvalue weighted by molar-refractivity contribution is 8.00. The molecule has 1 aromatic carbocycles. The molecule has 0 fully saturated rings. The van der Waals surface area contributed by atoms with Gasteiger partial charge in [-0.3, -0.25) is 10.1 Å². The lowest BCUT2D eigenvalue weighted by atomic mass is 10.2. The van der Waals surface area contributed by atoms with Crippen LogP contribution >= 0.6 is 11.8 Å². The molecule has 0 unspecified atom stereocenters. The molecule has 1 heterocycles. The SMILES string of the molecule is CC(C)c1nnc(NC(=O)CSc2ccccc2O)o1. The van der Waals surface area contributed by atoms with Gasteiger partial charge in [0.05, 0.1) is 5.75 Å². The summed E-state index contributed by atoms with van der Waals surface area (Å²) in [4.78, 5) is 12.4. The topological polar surface area (TPSA) is 88.2 Å². The first kappa shape index (κ1) is 14.4. The van der Waals surface area contributed by atoms with E-state index in [-0.39, 0.29) is 29.3 Å². The van der Waals surface area contributed by atoms with Crippen LogP contribution in [0.25, 0.3) is 0 Å². The molecule has 2 rings (SSSR count). The summed E-state index contributed by atoms with van der Waals surface area (Å²) < 4.78 is 5.28. The van der Waals surface area contributed by atoms with Gasteiger partial charge >= 0.3 is 6.01 Å². The molecule has 6 nitrogen and oxygen atoms in total. The monoisotopic (exact) mass is 293 g/mol. The number of aromatic hydroxyl groups is 1. The predicted molar refractivity (Wildman–Crippen MR) is 75.8 cm³/mol. The molecule has 0 radical (unpaired) electrons. The van der Waals surface area contributed by atoms with E-state index in [0.717, 1.165) is 0 Å². The van der Waals surface area contributed by atoms with E-state index in [4.69, 9.17) is 4.42 Å². The molecule has 0 aliphatic heterocycles. The molecule has 2 N–H and O–H groups in total. The molecule has 20 heavy (non-hydrogen) atoms. The molecule has 1 amide bonds. The number of rotatable bonds is 5. The highest BCUT2D eigenvalue weighted by Crippen LogP contribution is 2.27. The van der Waals surface area contributed by atoms with Gasteiger partial charge in [-0.2, -0.15) is 0 Å². The van der Waals surface area contributed by atoms with E-state index in [2.05, 4.69) is 15.5 Å². The van der Waals surface area contributed by atoms with Crippen molar-refractivity contribution >= 4 is 23.7 Å². The third kappa shape index (κ3) is 3.74. The summed E-state index contributed by atoms with van der Waals surface area (Å²) in [7, 11) is 0. The van der Waals surface area contributed by atoms with Crippen LogP contribution in [-0.4, -0.2) is 27.0 Å². The van der Waals surface area contributed by atoms with Gasteiger partial charge in [-0.25, -0.2) is 0 Å². The average molecular weight is 293 g/mol. The molecule has 0 aliphatic rings. The van der Waals surface area contributed by atoms with Gasteiger partial charge in [0, 0.05) is 10.8 Å². The standard InChI is InChI=1S/C13H15N3O3S/c1-8(2)12-15-16-13(19-12)14-11(18)7-20-10-6-4-3-5-9(10)17/h3-6,8,17H,7H2,1-2H3,(H,14,16,18). The van der Waals surface area contributed by atoms with Crippen LogP contribution in [0.3, 0.4) is 0 Å². The Morgan fingerprint density at radius 1 is 1.40 bits per heavy atom. The Morgan fingerprint density at radius 3 is 2.80 bits per heavy atom. The van der Waals surface area contributed by atoms with E-state index >= 15 is 0 Å². The van der Waals surface area contributed by atoms with E-state index in [1.54, 1.807) is 24.3 Å². The van der Waals surface area contributed by atoms with Gasteiger partial charge in [0.15, 0.2) is 0 Å². The summed E-state index contributed by atoms with van der Waals surface area (Å²) in [6.07, 6.45) is 0. The minimum Gasteiger partial charge on any atom is -0.507 e. The van der Waals surface area contributed by atoms with Crippen molar-refractivity contribution in [2.24, 2.45) is 0 Å². The van der Waals surface area contributed by atoms with Crippen molar-refractivity contribution in [3.05, 3.63) is 30.2 Å². The number of nitrogens with zero attached hydrogens (tertiary/aromatic N) is 2. The maximum atomic E-state index is 11.7. The number of aromatic nitrogens is 2. The number of nitrogens with one attached hydrogen (secondary N) is 1. The second-order valence-electron chi connectivity index (χ2n) is 4.40. The predicted octanol–water partition coefficient (Wildman–Crippen LogP) is 2.63. The van der Waals surface area contributed by atoms with Crippen molar-refractivity contribution in [2.75, 3.05) is 11.1 Å². The number of thioether (sulfide) groups is 1. The van der Waals surface area contributed by atoms with Gasteiger partial charge < -0.3 is 9.52 Å². The van der Waals surface area contributed by atoms with Crippen molar-refractivity contribution in [1.29, 1.82) is 0 Å². The minimum absolute atomic E-state index is 0.0941. The van der Waals surface area contributed by atoms with Crippen LogP contribution in [0.1, 0.15) is 25.7 Å². The van der Waals surface area contributed by atoms with E-state index in [9.17, 15) is 9.90 Å². The van der Waals surface area contributed by atoms with Crippen LogP contribution in [-0.2, 0) is 4.79 Å². The Morgan fingerprint density at radius 2 is 2.15 bits per heavy atom. The number of benzene rings is 1. The van der Waals surface area contributed by atoms with Crippen LogP contribution < -0.4 is 5.32 Å². The lowest BCUT2D eigenvalue weighted by molar-refractivity contribution is -0.113. The number of hydrogen-bond donors (Lipinski definition) is 2. The summed E-state index contributed by atoms with van der Waals surface area (Å²) in [5.41, 5.74) is 0. The first-order valence-electron chi connectivity index (χ1n) is 6.10. The molecule has 0 aliphatic carbocycles. The second kappa shape index (κ2) is 6.42. The first-order chi connectivity index (χ1) is 9.56. The molecule has 0 atom stereocenters. The summed E-state index contributed by atoms with van der Waals surface area (Å²) in [5, 5.41) is 19.7. The number of carbonyl (C=O) groups is 1. The molecule has 0 bridgehead atoms. The lowest BCUT2D eigenvalue weighted by Gasteiger charge is -2.03. The van der Waals surface area contributed by atoms with E-state index in [1.807, 2.05) is 13.8 Å². The number of carbonyl (C=O) groups excluding carboxylic acids is 1. The van der Waals surface area contributed by atoms with Crippen LogP contribution in [0.4, 0.5) is 6.01 Å². The summed E-state index contributed by atoms with van der Waals surface area (Å²) in [6.45, 7) is 3.85. The molecule has 7 heteroatoms. The third-order valence-corrected chi connectivity index (χ3v) is 3.47. The second-order valence-corrected chi connectivity index (χ2v) is 5.42. The van der Waals surface area contributed by atoms with Crippen molar-refractivity contribution in [3.8, 4) is 5.75 Å². The van der Waals surface area contributed by atoms with Gasteiger partial charge in [0.1, 0.15) is 5.75 Å². The van der Waals surface area contributed by atoms with E-state index < -0.39 is 0 Å². The maximum Gasteiger partial charge on any atom is 0.322 e. The minimum atomic E-state index is -0.266. The molecule has 0 spiro atoms. The van der Waals surface area contributed by atoms with Crippen molar-refractivity contribution in [1.82, 2.24) is 10.2 Å². The Labute approximate surface area is 120 Å². The molecule has 0 saturated heterocycles. The fourth-order valence-electron chi connectivity index (χ4n) is 1.40. The van der Waals surface area contributed by atoms with Crippen molar-refractivity contribution in [3.63, 3.8) is 0 Å². The van der Waals surface area contributed by atoms with E-state index in [1.165, 1.54) is 11.8 Å². The number of anilines is 1. The highest BCUT2D eigenvalue weighted by Gasteiger charge is 2.12. The highest BCUT2D eigenvalue weighted by atomic mass is 32.2. The van der Waals surface area contributed by atoms with E-state index in [0.29, 0.717) is 10.8 Å². The normalized spacial score (nSPS) is 10.8. The quantitative estimate of drug-likeness (QED) is 0.824. The van der Waals surface area contributed by atoms with Crippen LogP contribution in [0.5, 0.6) is 5.75 Å². The van der Waals surface area contributed by atoms with Gasteiger partial charge in [0.2, 0.25) is 11.8 Å². The molecule has 1 aromatic heterocycles. The number of hydrogen-bond acceptors (Lipinski definition) is 6. The smallest absolute Gasteiger partial charge is 0.322 e. The fourth-order valence-corrected chi connectivity index (χ4v) is 2.15. The van der Waals surface area contributed by atoms with Gasteiger partial charge in [-0.05, 0) is 12.1 Å². The van der Waals surface area contributed by atoms with Gasteiger partial charge in [-0.1, -0.05) is 31.1 Å². The van der Waals surface area contributed by atoms with Crippen molar-refractivity contribution < 1.29 is 14.3 Å². The summed E-state index contributed by atoms with van der Waals surface area (Å²) in [6, 6.07) is 6.94. The van der Waals surface area contributed by atoms with Gasteiger partial charge in [-0.15, -0.1) is 16.9 Å². The Bertz CT molecular complexity index is 598.